The van der Waals surface area contributed by atoms with Crippen LogP contribution in [0.4, 0.5) is 0 Å². The van der Waals surface area contributed by atoms with E-state index in [0.717, 1.165) is 6.54 Å². The van der Waals surface area contributed by atoms with E-state index >= 15 is 0 Å². The molecule has 1 rings (SSSR count). The van der Waals surface area contributed by atoms with Gasteiger partial charge in [-0.3, -0.25) is 0 Å². The van der Waals surface area contributed by atoms with Crippen molar-refractivity contribution in [1.82, 2.24) is 0 Å². The Morgan fingerprint density at radius 1 is 1.08 bits per heavy atom. The summed E-state index contributed by atoms with van der Waals surface area (Å²) >= 11 is 0. The first-order chi connectivity index (χ1) is 6.00. The fourth-order valence-electron chi connectivity index (χ4n) is 1.01. The lowest BCUT2D eigenvalue weighted by Crippen LogP contribution is -1.81. The SMILES string of the molecule is C1=CSSN=NCCCCCC1. The minimum Gasteiger partial charge on any atom is -0.181 e. The Morgan fingerprint density at radius 2 is 2.00 bits per heavy atom. The van der Waals surface area contributed by atoms with Crippen LogP contribution < -0.4 is 0 Å². The molecule has 0 bridgehead atoms. The monoisotopic (exact) mass is 202 g/mol. The highest BCUT2D eigenvalue weighted by molar-refractivity contribution is 8.77. The van der Waals surface area contributed by atoms with Crippen molar-refractivity contribution in [3.8, 4) is 0 Å². The molecule has 0 spiro atoms. The van der Waals surface area contributed by atoms with Crippen LogP contribution in [0.3, 0.4) is 0 Å². The van der Waals surface area contributed by atoms with E-state index < -0.39 is 0 Å². The van der Waals surface area contributed by atoms with Crippen molar-refractivity contribution in [1.29, 1.82) is 0 Å². The highest BCUT2D eigenvalue weighted by atomic mass is 33.1. The van der Waals surface area contributed by atoms with Gasteiger partial charge in [-0.2, -0.15) is 5.11 Å². The Morgan fingerprint density at radius 3 is 3.00 bits per heavy atom. The van der Waals surface area contributed by atoms with Gasteiger partial charge in [-0.1, -0.05) is 18.9 Å². The zero-order chi connectivity index (χ0) is 8.49. The highest BCUT2D eigenvalue weighted by Gasteiger charge is 1.90. The van der Waals surface area contributed by atoms with E-state index in [1.54, 1.807) is 10.8 Å². The van der Waals surface area contributed by atoms with E-state index in [9.17, 15) is 0 Å². The van der Waals surface area contributed by atoms with Crippen LogP contribution in [0.2, 0.25) is 0 Å². The molecule has 0 unspecified atom stereocenters. The predicted octanol–water partition coefficient (Wildman–Crippen LogP) is 4.21. The van der Waals surface area contributed by atoms with E-state index in [2.05, 4.69) is 21.1 Å². The third-order valence-corrected chi connectivity index (χ3v) is 3.03. The minimum absolute atomic E-state index is 0.900. The molecular weight excluding hydrogens is 188 g/mol. The van der Waals surface area contributed by atoms with Gasteiger partial charge >= 0.3 is 0 Å². The topological polar surface area (TPSA) is 24.7 Å². The molecule has 4 heteroatoms. The number of allylic oxidation sites excluding steroid dienone is 1. The van der Waals surface area contributed by atoms with Gasteiger partial charge in [0, 0.05) is 0 Å². The highest BCUT2D eigenvalue weighted by Crippen LogP contribution is 2.24. The maximum Gasteiger partial charge on any atom is 0.0716 e. The number of nitrogens with zero attached hydrogens (tertiary/aromatic N) is 2. The lowest BCUT2D eigenvalue weighted by atomic mass is 10.1. The van der Waals surface area contributed by atoms with Crippen molar-refractivity contribution in [2.75, 3.05) is 6.54 Å². The Balaban J connectivity index is 2.19. The minimum atomic E-state index is 0.900. The second kappa shape index (κ2) is 7.68. The summed E-state index contributed by atoms with van der Waals surface area (Å²) in [6.07, 6.45) is 8.57. The van der Waals surface area contributed by atoms with Crippen molar-refractivity contribution < 1.29 is 0 Å². The summed E-state index contributed by atoms with van der Waals surface area (Å²) in [6, 6.07) is 0. The molecule has 0 radical (unpaired) electrons. The molecule has 0 aliphatic carbocycles. The normalized spacial score (nSPS) is 21.3. The molecule has 2 nitrogen and oxygen atoms in total. The molecular formula is C8H14N2S2. The van der Waals surface area contributed by atoms with Crippen LogP contribution in [0.15, 0.2) is 21.1 Å². The Bertz CT molecular complexity index is 139. The van der Waals surface area contributed by atoms with Crippen LogP contribution in [0, 0.1) is 0 Å². The van der Waals surface area contributed by atoms with Gasteiger partial charge in [0.2, 0.25) is 0 Å². The molecule has 0 N–H and O–H groups in total. The molecule has 68 valence electrons. The first-order valence-corrected chi connectivity index (χ1v) is 6.51. The maximum atomic E-state index is 4.04. The van der Waals surface area contributed by atoms with Gasteiger partial charge in [0.15, 0.2) is 0 Å². The zero-order valence-electron chi connectivity index (χ0n) is 7.11. The van der Waals surface area contributed by atoms with E-state index in [1.165, 1.54) is 43.1 Å². The van der Waals surface area contributed by atoms with E-state index in [1.807, 2.05) is 0 Å². The fourth-order valence-corrected chi connectivity index (χ4v) is 2.09. The van der Waals surface area contributed by atoms with Crippen LogP contribution in [0.5, 0.6) is 0 Å². The smallest absolute Gasteiger partial charge is 0.0716 e. The molecule has 1 aliphatic rings. The molecule has 12 heavy (non-hydrogen) atoms. The number of rotatable bonds is 0. The van der Waals surface area contributed by atoms with Crippen LogP contribution in [-0.4, -0.2) is 6.54 Å². The van der Waals surface area contributed by atoms with E-state index in [0.29, 0.717) is 0 Å². The lowest BCUT2D eigenvalue weighted by Gasteiger charge is -1.97. The molecule has 0 aromatic carbocycles. The molecule has 1 heterocycles. The largest absolute Gasteiger partial charge is 0.181 e. The lowest BCUT2D eigenvalue weighted by molar-refractivity contribution is 0.648. The summed E-state index contributed by atoms with van der Waals surface area (Å²) in [7, 11) is 3.10. The summed E-state index contributed by atoms with van der Waals surface area (Å²) in [4.78, 5) is 0. The van der Waals surface area contributed by atoms with Gasteiger partial charge in [-0.25, -0.2) is 0 Å². The quantitative estimate of drug-likeness (QED) is 0.434. The van der Waals surface area contributed by atoms with Crippen LogP contribution in [0.1, 0.15) is 32.1 Å². The van der Waals surface area contributed by atoms with Crippen LogP contribution >= 0.6 is 21.8 Å². The number of hydrogen-bond acceptors (Lipinski definition) is 4. The third-order valence-electron chi connectivity index (χ3n) is 1.66. The second-order valence-corrected chi connectivity index (χ2v) is 4.49. The molecule has 0 atom stereocenters. The van der Waals surface area contributed by atoms with Crippen molar-refractivity contribution in [2.45, 2.75) is 32.1 Å². The molecule has 0 fully saturated rings. The molecule has 0 amide bonds. The van der Waals surface area contributed by atoms with Gasteiger partial charge in [-0.05, 0) is 35.5 Å². The van der Waals surface area contributed by atoms with Crippen LogP contribution in [0.25, 0.3) is 0 Å². The van der Waals surface area contributed by atoms with Crippen molar-refractivity contribution >= 4 is 21.8 Å². The third kappa shape index (κ3) is 5.66. The summed E-state index contributed by atoms with van der Waals surface area (Å²) in [5, 5.41) is 6.14. The maximum absolute atomic E-state index is 4.04. The Hall–Kier alpha value is 0.0400. The average Bonchev–Trinajstić information content (AvgIpc) is 2.05. The fraction of sp³-hybridized carbons (Fsp3) is 0.750. The first kappa shape index (κ1) is 10.1. The van der Waals surface area contributed by atoms with Gasteiger partial charge in [-0.15, -0.1) is 4.52 Å². The van der Waals surface area contributed by atoms with E-state index in [-0.39, 0.29) is 0 Å². The van der Waals surface area contributed by atoms with Gasteiger partial charge in [0.1, 0.15) is 0 Å². The van der Waals surface area contributed by atoms with Gasteiger partial charge in [0.05, 0.1) is 17.5 Å². The van der Waals surface area contributed by atoms with Crippen molar-refractivity contribution in [3.63, 3.8) is 0 Å². The summed E-state index contributed by atoms with van der Waals surface area (Å²) in [6.45, 7) is 0.900. The standard InChI is InChI=1S/C8H14N2S2/c1-2-4-6-8-11-12-10-9-7-5-3-1/h6,8H,1-5,7H2. The molecule has 0 saturated heterocycles. The predicted molar refractivity (Wildman–Crippen MR) is 57.1 cm³/mol. The average molecular weight is 202 g/mol. The van der Waals surface area contributed by atoms with Crippen molar-refractivity contribution in [3.05, 3.63) is 11.5 Å². The summed E-state index contributed by atoms with van der Waals surface area (Å²) < 4.78 is 3.96. The Kier molecular flexibility index (Phi) is 6.48. The Labute approximate surface area is 81.8 Å². The summed E-state index contributed by atoms with van der Waals surface area (Å²) in [5.74, 6) is 0. The van der Waals surface area contributed by atoms with Crippen molar-refractivity contribution in [2.24, 2.45) is 9.63 Å². The second-order valence-electron chi connectivity index (χ2n) is 2.69. The molecule has 0 aromatic heterocycles. The summed E-state index contributed by atoms with van der Waals surface area (Å²) in [5.41, 5.74) is 0. The molecule has 0 saturated carbocycles. The number of hydrogen-bond donors (Lipinski definition) is 0. The van der Waals surface area contributed by atoms with E-state index in [4.69, 9.17) is 0 Å². The van der Waals surface area contributed by atoms with Gasteiger partial charge < -0.3 is 0 Å². The van der Waals surface area contributed by atoms with Crippen LogP contribution in [-0.2, 0) is 0 Å². The molecule has 1 aliphatic heterocycles. The zero-order valence-corrected chi connectivity index (χ0v) is 8.74. The molecule has 0 aromatic rings. The van der Waals surface area contributed by atoms with Gasteiger partial charge in [0.25, 0.3) is 0 Å². The first-order valence-electron chi connectivity index (χ1n) is 4.34.